The van der Waals surface area contributed by atoms with Crippen molar-refractivity contribution < 1.29 is 9.59 Å². The van der Waals surface area contributed by atoms with Crippen molar-refractivity contribution in [3.05, 3.63) is 17.5 Å². The third kappa shape index (κ3) is 4.22. The third-order valence-electron chi connectivity index (χ3n) is 7.50. The smallest absolute Gasteiger partial charge is 0.257 e. The topological polar surface area (TPSA) is 69.3 Å². The van der Waals surface area contributed by atoms with Gasteiger partial charge < -0.3 is 9.80 Å². The van der Waals surface area contributed by atoms with Crippen molar-refractivity contribution in [1.82, 2.24) is 20.0 Å². The largest absolute Gasteiger partial charge is 0.342 e. The summed E-state index contributed by atoms with van der Waals surface area (Å²) >= 11 is 0. The first kappa shape index (κ1) is 20.4. The number of aromatic amines is 1. The lowest BCUT2D eigenvalue weighted by Gasteiger charge is -2.39. The van der Waals surface area contributed by atoms with E-state index in [0.717, 1.165) is 62.9 Å². The Kier molecular flexibility index (Phi) is 6.26. The normalized spacial score (nSPS) is 27.2. The van der Waals surface area contributed by atoms with Crippen LogP contribution in [0, 0.1) is 5.92 Å². The van der Waals surface area contributed by atoms with Crippen molar-refractivity contribution in [3.63, 3.8) is 0 Å². The second-order valence-corrected chi connectivity index (χ2v) is 9.47. The van der Waals surface area contributed by atoms with Crippen molar-refractivity contribution in [2.45, 2.75) is 96.1 Å². The van der Waals surface area contributed by atoms with E-state index in [-0.39, 0.29) is 29.8 Å². The van der Waals surface area contributed by atoms with Gasteiger partial charge in [-0.15, -0.1) is 0 Å². The summed E-state index contributed by atoms with van der Waals surface area (Å²) in [6.45, 7) is 5.90. The summed E-state index contributed by atoms with van der Waals surface area (Å²) in [6.07, 6.45) is 12.7. The van der Waals surface area contributed by atoms with Crippen LogP contribution in [0.4, 0.5) is 0 Å². The molecule has 0 aromatic carbocycles. The summed E-state index contributed by atoms with van der Waals surface area (Å²) < 4.78 is 0. The van der Waals surface area contributed by atoms with E-state index in [1.165, 1.54) is 25.7 Å². The van der Waals surface area contributed by atoms with Gasteiger partial charge in [-0.1, -0.05) is 19.3 Å². The molecule has 6 nitrogen and oxygen atoms in total. The number of rotatable bonds is 3. The van der Waals surface area contributed by atoms with Crippen LogP contribution < -0.4 is 0 Å². The number of H-pyrrole nitrogens is 1. The molecule has 2 saturated heterocycles. The summed E-state index contributed by atoms with van der Waals surface area (Å²) in [7, 11) is 0. The first-order chi connectivity index (χ1) is 14.1. The quantitative estimate of drug-likeness (QED) is 0.830. The minimum atomic E-state index is 0.120. The Morgan fingerprint density at radius 2 is 1.59 bits per heavy atom. The summed E-state index contributed by atoms with van der Waals surface area (Å²) in [4.78, 5) is 30.3. The highest BCUT2D eigenvalue weighted by Crippen LogP contribution is 2.33. The molecule has 2 aliphatic heterocycles. The summed E-state index contributed by atoms with van der Waals surface area (Å²) in [5.74, 6) is 1.00. The second-order valence-electron chi connectivity index (χ2n) is 9.47. The van der Waals surface area contributed by atoms with Gasteiger partial charge in [0.05, 0.1) is 17.5 Å². The highest BCUT2D eigenvalue weighted by molar-refractivity contribution is 5.95. The van der Waals surface area contributed by atoms with Gasteiger partial charge in [0.1, 0.15) is 0 Å². The van der Waals surface area contributed by atoms with Gasteiger partial charge in [-0.05, 0) is 58.8 Å². The maximum Gasteiger partial charge on any atom is 0.257 e. The Morgan fingerprint density at radius 1 is 0.931 bits per heavy atom. The van der Waals surface area contributed by atoms with Gasteiger partial charge in [-0.3, -0.25) is 14.7 Å². The molecule has 0 spiro atoms. The van der Waals surface area contributed by atoms with E-state index >= 15 is 0 Å². The van der Waals surface area contributed by atoms with Gasteiger partial charge in [0.2, 0.25) is 5.91 Å². The van der Waals surface area contributed by atoms with Crippen molar-refractivity contribution in [3.8, 4) is 0 Å². The van der Waals surface area contributed by atoms with Crippen LogP contribution in [0.15, 0.2) is 6.20 Å². The lowest BCUT2D eigenvalue weighted by Crippen LogP contribution is -2.47. The van der Waals surface area contributed by atoms with Crippen molar-refractivity contribution in [2.75, 3.05) is 13.1 Å². The van der Waals surface area contributed by atoms with Gasteiger partial charge in [-0.2, -0.15) is 5.10 Å². The van der Waals surface area contributed by atoms with Crippen LogP contribution in [-0.4, -0.2) is 57.0 Å². The van der Waals surface area contributed by atoms with E-state index in [1.807, 2.05) is 0 Å². The first-order valence-electron chi connectivity index (χ1n) is 11.7. The molecule has 0 bridgehead atoms. The number of nitrogens with zero attached hydrogens (tertiary/aromatic N) is 3. The van der Waals surface area contributed by atoms with E-state index in [4.69, 9.17) is 0 Å². The Morgan fingerprint density at radius 3 is 2.24 bits per heavy atom. The molecular formula is C23H36N4O2. The number of likely N-dealkylation sites (tertiary alicyclic amines) is 2. The van der Waals surface area contributed by atoms with Crippen molar-refractivity contribution in [2.24, 2.45) is 5.92 Å². The maximum absolute atomic E-state index is 13.3. The van der Waals surface area contributed by atoms with E-state index < -0.39 is 0 Å². The number of amides is 2. The molecular weight excluding hydrogens is 364 g/mol. The highest BCUT2D eigenvalue weighted by atomic mass is 16.2. The SMILES string of the molecule is C[C@@H]1CCC[C@@H](C)N1C(=O)c1cn[nH]c1C1CCN(C(=O)C2CCCCC2)CC1. The zero-order valence-corrected chi connectivity index (χ0v) is 18.0. The Bertz CT molecular complexity index is 706. The van der Waals surface area contributed by atoms with Crippen LogP contribution in [0.1, 0.15) is 100 Å². The van der Waals surface area contributed by atoms with Gasteiger partial charge in [0.15, 0.2) is 0 Å². The summed E-state index contributed by atoms with van der Waals surface area (Å²) in [6, 6.07) is 0.563. The predicted molar refractivity (Wildman–Crippen MR) is 113 cm³/mol. The first-order valence-corrected chi connectivity index (χ1v) is 11.7. The molecule has 1 aliphatic carbocycles. The molecule has 4 rings (SSSR count). The number of carbonyl (C=O) groups excluding carboxylic acids is 2. The Labute approximate surface area is 174 Å². The van der Waals surface area contributed by atoms with Gasteiger partial charge in [-0.25, -0.2) is 0 Å². The molecule has 6 heteroatoms. The summed E-state index contributed by atoms with van der Waals surface area (Å²) in [5.41, 5.74) is 1.72. The molecule has 1 aromatic rings. The Hall–Kier alpha value is -1.85. The van der Waals surface area contributed by atoms with Crippen LogP contribution in [-0.2, 0) is 4.79 Å². The van der Waals surface area contributed by atoms with E-state index in [2.05, 4.69) is 33.8 Å². The van der Waals surface area contributed by atoms with Gasteiger partial charge >= 0.3 is 0 Å². The molecule has 3 aliphatic rings. The van der Waals surface area contributed by atoms with Crippen LogP contribution >= 0.6 is 0 Å². The molecule has 1 N–H and O–H groups in total. The third-order valence-corrected chi connectivity index (χ3v) is 7.50. The minimum Gasteiger partial charge on any atom is -0.342 e. The van der Waals surface area contributed by atoms with E-state index in [0.29, 0.717) is 5.91 Å². The number of aromatic nitrogens is 2. The molecule has 0 radical (unpaired) electrons. The summed E-state index contributed by atoms with van der Waals surface area (Å²) in [5, 5.41) is 7.37. The molecule has 160 valence electrons. The fourth-order valence-corrected chi connectivity index (χ4v) is 5.73. The molecule has 1 aromatic heterocycles. The molecule has 3 fully saturated rings. The van der Waals surface area contributed by atoms with Crippen LogP contribution in [0.5, 0.6) is 0 Å². The number of nitrogens with one attached hydrogen (secondary N) is 1. The van der Waals surface area contributed by atoms with Gasteiger partial charge in [0.25, 0.3) is 5.91 Å². The van der Waals surface area contributed by atoms with Crippen LogP contribution in [0.3, 0.4) is 0 Å². The number of carbonyl (C=O) groups is 2. The van der Waals surface area contributed by atoms with Crippen LogP contribution in [0.25, 0.3) is 0 Å². The molecule has 2 amide bonds. The Balaban J connectivity index is 1.40. The van der Waals surface area contributed by atoms with Gasteiger partial charge in [0, 0.05) is 37.0 Å². The molecule has 2 atom stereocenters. The highest BCUT2D eigenvalue weighted by Gasteiger charge is 2.35. The fraction of sp³-hybridized carbons (Fsp3) is 0.783. The van der Waals surface area contributed by atoms with Crippen molar-refractivity contribution in [1.29, 1.82) is 0 Å². The number of piperidine rings is 2. The monoisotopic (exact) mass is 400 g/mol. The molecule has 29 heavy (non-hydrogen) atoms. The fourth-order valence-electron chi connectivity index (χ4n) is 5.73. The average molecular weight is 401 g/mol. The zero-order valence-electron chi connectivity index (χ0n) is 18.0. The molecule has 3 heterocycles. The maximum atomic E-state index is 13.3. The lowest BCUT2D eigenvalue weighted by atomic mass is 9.86. The average Bonchev–Trinajstić information content (AvgIpc) is 3.24. The predicted octanol–water partition coefficient (Wildman–Crippen LogP) is 4.10. The standard InChI is InChI=1S/C23H36N4O2/c1-16-7-6-8-17(2)27(16)23(29)20-15-24-25-21(20)18-11-13-26(14-12-18)22(28)19-9-4-3-5-10-19/h15-19H,3-14H2,1-2H3,(H,24,25)/t16-,17-/m1/s1. The zero-order chi connectivity index (χ0) is 20.4. The molecule has 0 unspecified atom stereocenters. The number of hydrogen-bond acceptors (Lipinski definition) is 3. The van der Waals surface area contributed by atoms with E-state index in [1.54, 1.807) is 6.20 Å². The minimum absolute atomic E-state index is 0.120. The lowest BCUT2D eigenvalue weighted by molar-refractivity contribution is -0.137. The van der Waals surface area contributed by atoms with E-state index in [9.17, 15) is 9.59 Å². The molecule has 1 saturated carbocycles. The number of hydrogen-bond donors (Lipinski definition) is 1. The van der Waals surface area contributed by atoms with Crippen LogP contribution in [0.2, 0.25) is 0 Å². The second kappa shape index (κ2) is 8.88. The van der Waals surface area contributed by atoms with Crippen molar-refractivity contribution >= 4 is 11.8 Å².